The predicted molar refractivity (Wildman–Crippen MR) is 256 cm³/mol. The van der Waals surface area contributed by atoms with Crippen LogP contribution in [0.2, 0.25) is 0 Å². The molecule has 5 nitrogen and oxygen atoms in total. The average Bonchev–Trinajstić information content (AvgIpc) is 3.87. The van der Waals surface area contributed by atoms with Crippen LogP contribution in [0.3, 0.4) is 0 Å². The maximum absolute atomic E-state index is 5.01. The smallest absolute Gasteiger partial charge is 0.164 e. The summed E-state index contributed by atoms with van der Waals surface area (Å²) in [5.74, 6) is 1.92. The number of fused-ring (bicyclic) bond motifs is 6. The topological polar surface area (TPSA) is 48.5 Å². The van der Waals surface area contributed by atoms with Crippen molar-refractivity contribution in [2.45, 2.75) is 0 Å². The molecule has 0 bridgehead atoms. The first-order valence-electron chi connectivity index (χ1n) is 20.9. The molecular weight excluding hydrogens is 755 g/mol. The molecule has 0 N–H and O–H groups in total. The van der Waals surface area contributed by atoms with Gasteiger partial charge in [-0.05, 0) is 82.9 Å². The zero-order valence-corrected chi connectivity index (χ0v) is 33.6. The van der Waals surface area contributed by atoms with Crippen LogP contribution < -0.4 is 0 Å². The molecule has 0 radical (unpaired) electrons. The lowest BCUT2D eigenvalue weighted by atomic mass is 10.0. The van der Waals surface area contributed by atoms with Crippen molar-refractivity contribution in [3.05, 3.63) is 224 Å². The van der Waals surface area contributed by atoms with E-state index in [1.54, 1.807) is 0 Å². The second kappa shape index (κ2) is 14.7. The van der Waals surface area contributed by atoms with E-state index in [0.29, 0.717) is 17.5 Å². The molecule has 5 heteroatoms. The minimum Gasteiger partial charge on any atom is -0.309 e. The predicted octanol–water partition coefficient (Wildman–Crippen LogP) is 14.4. The number of hydrogen-bond donors (Lipinski definition) is 0. The maximum atomic E-state index is 5.01. The Morgan fingerprint density at radius 3 is 1.32 bits per heavy atom. The summed E-state index contributed by atoms with van der Waals surface area (Å²) in [7, 11) is 0. The molecule has 0 aliphatic rings. The Balaban J connectivity index is 0.969. The lowest BCUT2D eigenvalue weighted by molar-refractivity contribution is 1.07. The highest BCUT2D eigenvalue weighted by atomic mass is 15.0. The summed E-state index contributed by atoms with van der Waals surface area (Å²) in [4.78, 5) is 14.9. The normalized spacial score (nSPS) is 11.5. The number of para-hydroxylation sites is 3. The summed E-state index contributed by atoms with van der Waals surface area (Å²) >= 11 is 0. The largest absolute Gasteiger partial charge is 0.309 e. The number of aromatic nitrogens is 5. The summed E-state index contributed by atoms with van der Waals surface area (Å²) in [6, 6.07) is 79.4. The van der Waals surface area contributed by atoms with Crippen LogP contribution in [0.5, 0.6) is 0 Å². The molecule has 0 unspecified atom stereocenters. The fourth-order valence-electron chi connectivity index (χ4n) is 9.04. The second-order valence-corrected chi connectivity index (χ2v) is 15.7. The van der Waals surface area contributed by atoms with Gasteiger partial charge < -0.3 is 9.13 Å². The Bertz CT molecular complexity index is 3570. The lowest BCUT2D eigenvalue weighted by Gasteiger charge is -2.12. The van der Waals surface area contributed by atoms with Crippen LogP contribution in [0, 0.1) is 0 Å². The Hall–Kier alpha value is -8.41. The van der Waals surface area contributed by atoms with Crippen LogP contribution in [0.4, 0.5) is 0 Å². The highest BCUT2D eigenvalue weighted by Gasteiger charge is 2.18. The van der Waals surface area contributed by atoms with Gasteiger partial charge in [-0.1, -0.05) is 164 Å². The van der Waals surface area contributed by atoms with Crippen molar-refractivity contribution in [2.24, 2.45) is 0 Å². The van der Waals surface area contributed by atoms with E-state index in [2.05, 4.69) is 173 Å². The molecule has 290 valence electrons. The SMILES string of the molecule is c1ccc(-c2nc(-c3ccccc3)nc(-c3cccc(-c4cccc(-n5c6ccccc6c6ccc(-c7ccc8c(c7)c7ccccc7n8-c7ccccc7)cc65)c4)c3)n2)cc1. The van der Waals surface area contributed by atoms with Crippen molar-refractivity contribution >= 4 is 43.6 Å². The van der Waals surface area contributed by atoms with E-state index < -0.39 is 0 Å². The molecular formula is C57H37N5. The Kier molecular flexibility index (Phi) is 8.42. The second-order valence-electron chi connectivity index (χ2n) is 15.7. The van der Waals surface area contributed by atoms with Crippen LogP contribution >= 0.6 is 0 Å². The zero-order chi connectivity index (χ0) is 41.0. The van der Waals surface area contributed by atoms with E-state index in [9.17, 15) is 0 Å². The minimum atomic E-state index is 0.633. The first kappa shape index (κ1) is 35.5. The van der Waals surface area contributed by atoms with Crippen molar-refractivity contribution in [1.29, 1.82) is 0 Å². The lowest BCUT2D eigenvalue weighted by Crippen LogP contribution is -2.00. The van der Waals surface area contributed by atoms with E-state index in [4.69, 9.17) is 15.0 Å². The number of nitrogens with zero attached hydrogens (tertiary/aromatic N) is 5. The van der Waals surface area contributed by atoms with E-state index in [1.807, 2.05) is 60.7 Å². The fourth-order valence-corrected chi connectivity index (χ4v) is 9.04. The first-order chi connectivity index (χ1) is 30.7. The summed E-state index contributed by atoms with van der Waals surface area (Å²) in [6.45, 7) is 0. The Morgan fingerprint density at radius 1 is 0.226 bits per heavy atom. The molecule has 3 heterocycles. The van der Waals surface area contributed by atoms with Crippen LogP contribution in [0.25, 0.3) is 111 Å². The van der Waals surface area contributed by atoms with Gasteiger partial charge >= 0.3 is 0 Å². The molecule has 0 saturated carbocycles. The van der Waals surface area contributed by atoms with Gasteiger partial charge in [0.05, 0.1) is 22.1 Å². The fraction of sp³-hybridized carbons (Fsp3) is 0. The third kappa shape index (κ3) is 6.06. The molecule has 12 aromatic rings. The minimum absolute atomic E-state index is 0.633. The van der Waals surface area contributed by atoms with E-state index in [-0.39, 0.29) is 0 Å². The van der Waals surface area contributed by atoms with Crippen molar-refractivity contribution in [2.75, 3.05) is 0 Å². The molecule has 0 saturated heterocycles. The van der Waals surface area contributed by atoms with Crippen LogP contribution in [0.15, 0.2) is 224 Å². The first-order valence-corrected chi connectivity index (χ1v) is 20.9. The van der Waals surface area contributed by atoms with Crippen molar-refractivity contribution in [3.8, 4) is 67.8 Å². The molecule has 0 fully saturated rings. The third-order valence-electron chi connectivity index (χ3n) is 12.0. The highest BCUT2D eigenvalue weighted by molar-refractivity contribution is 6.12. The molecule has 0 atom stereocenters. The Labute approximate surface area is 358 Å². The summed E-state index contributed by atoms with van der Waals surface area (Å²) in [5, 5.41) is 4.92. The van der Waals surface area contributed by atoms with Gasteiger partial charge in [-0.2, -0.15) is 0 Å². The van der Waals surface area contributed by atoms with E-state index in [0.717, 1.165) is 44.7 Å². The van der Waals surface area contributed by atoms with Gasteiger partial charge in [0.1, 0.15) is 0 Å². The Morgan fingerprint density at radius 2 is 0.645 bits per heavy atom. The molecule has 62 heavy (non-hydrogen) atoms. The number of rotatable bonds is 7. The molecule has 0 aliphatic carbocycles. The summed E-state index contributed by atoms with van der Waals surface area (Å²) in [5.41, 5.74) is 14.3. The number of benzene rings is 9. The van der Waals surface area contributed by atoms with Gasteiger partial charge in [0, 0.05) is 49.6 Å². The van der Waals surface area contributed by atoms with Crippen LogP contribution in [-0.2, 0) is 0 Å². The molecule has 9 aromatic carbocycles. The quantitative estimate of drug-likeness (QED) is 0.162. The van der Waals surface area contributed by atoms with E-state index in [1.165, 1.54) is 49.2 Å². The monoisotopic (exact) mass is 791 g/mol. The van der Waals surface area contributed by atoms with Gasteiger partial charge in [0.15, 0.2) is 17.5 Å². The van der Waals surface area contributed by atoms with Crippen molar-refractivity contribution in [3.63, 3.8) is 0 Å². The molecule has 12 rings (SSSR count). The van der Waals surface area contributed by atoms with Gasteiger partial charge in [-0.15, -0.1) is 0 Å². The van der Waals surface area contributed by atoms with Gasteiger partial charge in [-0.25, -0.2) is 15.0 Å². The average molecular weight is 792 g/mol. The summed E-state index contributed by atoms with van der Waals surface area (Å²) in [6.07, 6.45) is 0. The standard InChI is InChI=1S/C57H37N5/c1-4-16-38(17-5-1)55-58-56(39-18-6-2-7-19-39)60-57(59-55)44-22-14-20-40(34-44)41-21-15-25-46(35-41)62-51-28-12-10-26-47(51)49-32-30-43(37-54(49)62)42-31-33-53-50(36-42)48-27-11-13-29-52(48)61(53)45-23-8-3-9-24-45/h1-37H. The van der Waals surface area contributed by atoms with Gasteiger partial charge in [0.2, 0.25) is 0 Å². The highest BCUT2D eigenvalue weighted by Crippen LogP contribution is 2.39. The molecule has 0 aliphatic heterocycles. The molecule has 0 amide bonds. The van der Waals surface area contributed by atoms with E-state index >= 15 is 0 Å². The van der Waals surface area contributed by atoms with Crippen molar-refractivity contribution in [1.82, 2.24) is 24.1 Å². The molecule has 0 spiro atoms. The summed E-state index contributed by atoms with van der Waals surface area (Å²) < 4.78 is 4.78. The van der Waals surface area contributed by atoms with Gasteiger partial charge in [-0.3, -0.25) is 0 Å². The maximum Gasteiger partial charge on any atom is 0.164 e. The van der Waals surface area contributed by atoms with Crippen LogP contribution in [-0.4, -0.2) is 24.1 Å². The zero-order valence-electron chi connectivity index (χ0n) is 33.6. The number of hydrogen-bond acceptors (Lipinski definition) is 3. The van der Waals surface area contributed by atoms with Crippen molar-refractivity contribution < 1.29 is 0 Å². The molecule has 3 aromatic heterocycles. The van der Waals surface area contributed by atoms with Crippen LogP contribution in [0.1, 0.15) is 0 Å². The van der Waals surface area contributed by atoms with Gasteiger partial charge in [0.25, 0.3) is 0 Å². The third-order valence-corrected chi connectivity index (χ3v) is 12.0.